The number of aromatic nitrogens is 1. The zero-order chi connectivity index (χ0) is 15.5. The largest absolute Gasteiger partial charge is 0.372 e. The van der Waals surface area contributed by atoms with E-state index >= 15 is 0 Å². The lowest BCUT2D eigenvalue weighted by molar-refractivity contribution is 0.108. The first kappa shape index (κ1) is 14.9. The van der Waals surface area contributed by atoms with E-state index in [-0.39, 0.29) is 5.82 Å². The Labute approximate surface area is 133 Å². The number of halogens is 2. The van der Waals surface area contributed by atoms with Crippen molar-refractivity contribution in [3.63, 3.8) is 0 Å². The number of rotatable bonds is 4. The third-order valence-electron chi connectivity index (χ3n) is 3.42. The molecule has 1 aromatic heterocycles. The van der Waals surface area contributed by atoms with E-state index in [9.17, 15) is 4.39 Å². The summed E-state index contributed by atoms with van der Waals surface area (Å²) in [6.45, 7) is 2.71. The highest BCUT2D eigenvalue weighted by Gasteiger charge is 2.08. The van der Waals surface area contributed by atoms with Crippen molar-refractivity contribution in [2.45, 2.75) is 20.1 Å². The van der Waals surface area contributed by atoms with Crippen LogP contribution in [-0.2, 0) is 18.0 Å². The van der Waals surface area contributed by atoms with Crippen LogP contribution in [0.25, 0.3) is 10.9 Å². The summed E-state index contributed by atoms with van der Waals surface area (Å²) >= 11 is 5.95. The predicted molar refractivity (Wildman–Crippen MR) is 86.4 cm³/mol. The Morgan fingerprint density at radius 2 is 1.91 bits per heavy atom. The lowest BCUT2D eigenvalue weighted by Crippen LogP contribution is -1.98. The third-order valence-corrected chi connectivity index (χ3v) is 3.65. The van der Waals surface area contributed by atoms with E-state index in [1.54, 1.807) is 6.07 Å². The van der Waals surface area contributed by atoms with Crippen LogP contribution in [-0.4, -0.2) is 4.98 Å². The molecule has 0 unspecified atom stereocenters. The number of ether oxygens (including phenoxy) is 1. The average molecular weight is 316 g/mol. The monoisotopic (exact) mass is 315 g/mol. The van der Waals surface area contributed by atoms with Gasteiger partial charge in [-0.25, -0.2) is 4.39 Å². The van der Waals surface area contributed by atoms with E-state index in [4.69, 9.17) is 16.3 Å². The van der Waals surface area contributed by atoms with Gasteiger partial charge in [0.25, 0.3) is 0 Å². The first-order valence-corrected chi connectivity index (χ1v) is 7.38. The summed E-state index contributed by atoms with van der Waals surface area (Å²) in [4.78, 5) is 4.27. The van der Waals surface area contributed by atoms with Gasteiger partial charge in [-0.2, -0.15) is 0 Å². The zero-order valence-electron chi connectivity index (χ0n) is 12.1. The van der Waals surface area contributed by atoms with Crippen LogP contribution in [0, 0.1) is 12.7 Å². The number of pyridine rings is 1. The van der Waals surface area contributed by atoms with Crippen molar-refractivity contribution < 1.29 is 9.13 Å². The number of benzene rings is 2. The number of hydrogen-bond donors (Lipinski definition) is 0. The lowest BCUT2D eigenvalue weighted by atomic mass is 10.1. The van der Waals surface area contributed by atoms with Crippen LogP contribution in [0.1, 0.15) is 16.8 Å². The molecule has 2 nitrogen and oxygen atoms in total. The third kappa shape index (κ3) is 3.26. The summed E-state index contributed by atoms with van der Waals surface area (Å²) in [5, 5.41) is 1.48. The summed E-state index contributed by atoms with van der Waals surface area (Å²) in [5.41, 5.74) is 3.11. The maximum atomic E-state index is 13.9. The molecule has 0 saturated carbocycles. The molecule has 2 aromatic carbocycles. The Morgan fingerprint density at radius 1 is 1.09 bits per heavy atom. The lowest BCUT2D eigenvalue weighted by Gasteiger charge is -2.09. The quantitative estimate of drug-likeness (QED) is 0.672. The molecule has 0 saturated heterocycles. The molecule has 0 bridgehead atoms. The summed E-state index contributed by atoms with van der Waals surface area (Å²) in [6, 6.07) is 14.5. The van der Waals surface area contributed by atoms with E-state index in [2.05, 4.69) is 4.98 Å². The summed E-state index contributed by atoms with van der Waals surface area (Å²) < 4.78 is 19.6. The van der Waals surface area contributed by atoms with Crippen molar-refractivity contribution in [2.75, 3.05) is 0 Å². The Kier molecular flexibility index (Phi) is 4.36. The second kappa shape index (κ2) is 6.42. The van der Waals surface area contributed by atoms with Crippen LogP contribution in [0.3, 0.4) is 0 Å². The molecule has 22 heavy (non-hydrogen) atoms. The average Bonchev–Trinajstić information content (AvgIpc) is 2.48. The van der Waals surface area contributed by atoms with Crippen molar-refractivity contribution in [1.82, 2.24) is 4.98 Å². The van der Waals surface area contributed by atoms with E-state index < -0.39 is 0 Å². The fourth-order valence-corrected chi connectivity index (χ4v) is 2.66. The maximum absolute atomic E-state index is 13.9. The van der Waals surface area contributed by atoms with Gasteiger partial charge in [0.15, 0.2) is 0 Å². The Balaban J connectivity index is 1.80. The molecular formula is C18H15ClFNO. The number of hydrogen-bond acceptors (Lipinski definition) is 2. The predicted octanol–water partition coefficient (Wildman–Crippen LogP) is 5.05. The highest BCUT2D eigenvalue weighted by Crippen LogP contribution is 2.22. The van der Waals surface area contributed by atoms with Gasteiger partial charge in [0.2, 0.25) is 0 Å². The Hall–Kier alpha value is -1.97. The molecule has 0 N–H and O–H groups in total. The summed E-state index contributed by atoms with van der Waals surface area (Å²) in [6.07, 6.45) is 0. The molecule has 0 aliphatic rings. The number of para-hydroxylation sites is 1. The van der Waals surface area contributed by atoms with Gasteiger partial charge in [-0.15, -0.1) is 0 Å². The molecule has 0 atom stereocenters. The standard InChI is InChI=1S/C18H15ClFNO/c1-12-8-14(16-6-3-7-17(20)18(16)21-12)11-22-10-13-4-2-5-15(19)9-13/h2-9H,10-11H2,1H3. The van der Waals surface area contributed by atoms with E-state index in [0.29, 0.717) is 23.8 Å². The fraction of sp³-hybridized carbons (Fsp3) is 0.167. The van der Waals surface area contributed by atoms with Crippen molar-refractivity contribution >= 4 is 22.5 Å². The highest BCUT2D eigenvalue weighted by molar-refractivity contribution is 6.30. The molecule has 0 radical (unpaired) electrons. The van der Waals surface area contributed by atoms with Gasteiger partial charge < -0.3 is 4.74 Å². The second-order valence-electron chi connectivity index (χ2n) is 5.18. The molecular weight excluding hydrogens is 301 g/mol. The van der Waals surface area contributed by atoms with Gasteiger partial charge in [-0.05, 0) is 42.3 Å². The van der Waals surface area contributed by atoms with Crippen molar-refractivity contribution in [3.8, 4) is 0 Å². The van der Waals surface area contributed by atoms with Gasteiger partial charge >= 0.3 is 0 Å². The SMILES string of the molecule is Cc1cc(COCc2cccc(Cl)c2)c2cccc(F)c2n1. The maximum Gasteiger partial charge on any atom is 0.149 e. The number of fused-ring (bicyclic) bond motifs is 1. The second-order valence-corrected chi connectivity index (χ2v) is 5.62. The van der Waals surface area contributed by atoms with Crippen molar-refractivity contribution in [3.05, 3.63) is 76.2 Å². The number of aryl methyl sites for hydroxylation is 1. The molecule has 0 spiro atoms. The van der Waals surface area contributed by atoms with Crippen LogP contribution in [0.15, 0.2) is 48.5 Å². The van der Waals surface area contributed by atoms with E-state index in [0.717, 1.165) is 22.2 Å². The summed E-state index contributed by atoms with van der Waals surface area (Å²) in [7, 11) is 0. The van der Waals surface area contributed by atoms with Crippen LogP contribution in [0.5, 0.6) is 0 Å². The van der Waals surface area contributed by atoms with Gasteiger partial charge in [0.05, 0.1) is 13.2 Å². The minimum Gasteiger partial charge on any atom is -0.372 e. The summed E-state index contributed by atoms with van der Waals surface area (Å²) in [5.74, 6) is -0.308. The molecule has 0 aliphatic heterocycles. The molecule has 3 rings (SSSR count). The molecule has 4 heteroatoms. The van der Waals surface area contributed by atoms with Gasteiger partial charge in [0, 0.05) is 16.1 Å². The first-order chi connectivity index (χ1) is 10.6. The van der Waals surface area contributed by atoms with Crippen LogP contribution >= 0.6 is 11.6 Å². The highest BCUT2D eigenvalue weighted by atomic mass is 35.5. The van der Waals surface area contributed by atoms with Gasteiger partial charge in [0.1, 0.15) is 11.3 Å². The van der Waals surface area contributed by atoms with Crippen LogP contribution in [0.2, 0.25) is 5.02 Å². The molecule has 1 heterocycles. The Bertz CT molecular complexity index is 819. The normalized spacial score (nSPS) is 11.0. The smallest absolute Gasteiger partial charge is 0.149 e. The fourth-order valence-electron chi connectivity index (χ4n) is 2.45. The molecule has 112 valence electrons. The van der Waals surface area contributed by atoms with Gasteiger partial charge in [-0.3, -0.25) is 4.98 Å². The molecule has 0 amide bonds. The van der Waals surface area contributed by atoms with Crippen LogP contribution in [0.4, 0.5) is 4.39 Å². The Morgan fingerprint density at radius 3 is 2.73 bits per heavy atom. The molecule has 0 aliphatic carbocycles. The molecule has 0 fully saturated rings. The van der Waals surface area contributed by atoms with Crippen molar-refractivity contribution in [2.24, 2.45) is 0 Å². The van der Waals surface area contributed by atoms with E-state index in [1.165, 1.54) is 6.07 Å². The van der Waals surface area contributed by atoms with E-state index in [1.807, 2.05) is 43.3 Å². The minimum atomic E-state index is -0.308. The van der Waals surface area contributed by atoms with Gasteiger partial charge in [-0.1, -0.05) is 35.9 Å². The molecule has 3 aromatic rings. The minimum absolute atomic E-state index is 0.308. The van der Waals surface area contributed by atoms with Crippen molar-refractivity contribution in [1.29, 1.82) is 0 Å². The first-order valence-electron chi connectivity index (χ1n) is 7.00. The van der Waals surface area contributed by atoms with Crippen LogP contribution < -0.4 is 0 Å². The zero-order valence-corrected chi connectivity index (χ0v) is 12.9. The topological polar surface area (TPSA) is 22.1 Å². The number of nitrogens with zero attached hydrogens (tertiary/aromatic N) is 1.